The summed E-state index contributed by atoms with van der Waals surface area (Å²) in [5, 5.41) is 10.5. The number of phenols is 1. The maximum atomic E-state index is 12.4. The zero-order valence-electron chi connectivity index (χ0n) is 16.4. The molecule has 0 spiro atoms. The van der Waals surface area contributed by atoms with Crippen LogP contribution in [0.1, 0.15) is 44.7 Å². The largest absolute Gasteiger partial charge is 0.508 e. The summed E-state index contributed by atoms with van der Waals surface area (Å²) >= 11 is 12.7. The van der Waals surface area contributed by atoms with Crippen LogP contribution in [0.5, 0.6) is 17.2 Å². The molecule has 0 aliphatic rings. The highest BCUT2D eigenvalue weighted by Gasteiger charge is 2.22. The summed E-state index contributed by atoms with van der Waals surface area (Å²) in [6, 6.07) is 8.27. The van der Waals surface area contributed by atoms with Gasteiger partial charge in [0.25, 0.3) is 0 Å². The standard InChI is InChI=1S/C20H25Cl2O5P/c1-5-25-28(24,6-2)26-12-14-9-17(21)20(18(22)10-14)27-15-7-8-19(23)16(11-15)13(3)4/h7-11,13,23H,5-6,12H2,1-4H3. The Labute approximate surface area is 176 Å². The van der Waals surface area contributed by atoms with Gasteiger partial charge in [-0.2, -0.15) is 0 Å². The van der Waals surface area contributed by atoms with Crippen molar-refractivity contribution in [2.75, 3.05) is 12.8 Å². The first-order chi connectivity index (χ1) is 13.2. The van der Waals surface area contributed by atoms with Gasteiger partial charge in [-0.05, 0) is 48.7 Å². The average Bonchev–Trinajstić information content (AvgIpc) is 2.64. The van der Waals surface area contributed by atoms with Gasteiger partial charge in [0.15, 0.2) is 5.75 Å². The zero-order chi connectivity index (χ0) is 20.9. The lowest BCUT2D eigenvalue weighted by Gasteiger charge is -2.17. The normalized spacial score (nSPS) is 13.5. The fraction of sp³-hybridized carbons (Fsp3) is 0.400. The molecule has 2 aromatic carbocycles. The summed E-state index contributed by atoms with van der Waals surface area (Å²) in [4.78, 5) is 0. The van der Waals surface area contributed by atoms with Gasteiger partial charge in [-0.15, -0.1) is 0 Å². The summed E-state index contributed by atoms with van der Waals surface area (Å²) in [7, 11) is -3.12. The predicted molar refractivity (Wildman–Crippen MR) is 113 cm³/mol. The van der Waals surface area contributed by atoms with E-state index in [9.17, 15) is 9.67 Å². The van der Waals surface area contributed by atoms with Gasteiger partial charge >= 0.3 is 7.60 Å². The molecule has 0 saturated carbocycles. The van der Waals surface area contributed by atoms with Crippen LogP contribution < -0.4 is 4.74 Å². The highest BCUT2D eigenvalue weighted by Crippen LogP contribution is 2.48. The molecule has 0 aliphatic carbocycles. The minimum Gasteiger partial charge on any atom is -0.508 e. The number of hydrogen-bond acceptors (Lipinski definition) is 5. The molecular formula is C20H25Cl2O5P. The van der Waals surface area contributed by atoms with Crippen LogP contribution in [-0.4, -0.2) is 17.9 Å². The van der Waals surface area contributed by atoms with Crippen molar-refractivity contribution in [2.45, 2.75) is 40.2 Å². The van der Waals surface area contributed by atoms with E-state index in [0.29, 0.717) is 33.7 Å². The summed E-state index contributed by atoms with van der Waals surface area (Å²) in [6.45, 7) is 7.83. The van der Waals surface area contributed by atoms with Crippen LogP contribution >= 0.6 is 30.8 Å². The highest BCUT2D eigenvalue weighted by atomic mass is 35.5. The molecule has 154 valence electrons. The highest BCUT2D eigenvalue weighted by molar-refractivity contribution is 7.53. The number of halogens is 2. The van der Waals surface area contributed by atoms with E-state index < -0.39 is 7.60 Å². The van der Waals surface area contributed by atoms with Crippen molar-refractivity contribution in [2.24, 2.45) is 0 Å². The zero-order valence-corrected chi connectivity index (χ0v) is 18.8. The van der Waals surface area contributed by atoms with Crippen molar-refractivity contribution in [1.29, 1.82) is 0 Å². The molecule has 0 fully saturated rings. The summed E-state index contributed by atoms with van der Waals surface area (Å²) in [6.07, 6.45) is 0.280. The fourth-order valence-corrected chi connectivity index (χ4v) is 4.35. The van der Waals surface area contributed by atoms with Gasteiger partial charge in [0.2, 0.25) is 0 Å². The van der Waals surface area contributed by atoms with Gasteiger partial charge < -0.3 is 18.9 Å². The van der Waals surface area contributed by atoms with E-state index in [-0.39, 0.29) is 24.4 Å². The SMILES string of the molecule is CCOP(=O)(CC)OCc1cc(Cl)c(Oc2ccc(O)c(C(C)C)c2)c(Cl)c1. The lowest BCUT2D eigenvalue weighted by atomic mass is 10.0. The van der Waals surface area contributed by atoms with Crippen molar-refractivity contribution in [1.82, 2.24) is 0 Å². The molecule has 2 aromatic rings. The summed E-state index contributed by atoms with van der Waals surface area (Å²) < 4.78 is 28.9. The van der Waals surface area contributed by atoms with Gasteiger partial charge in [0, 0.05) is 11.7 Å². The molecule has 28 heavy (non-hydrogen) atoms. The Morgan fingerprint density at radius 2 is 1.71 bits per heavy atom. The number of hydrogen-bond donors (Lipinski definition) is 1. The second kappa shape index (κ2) is 10.00. The van der Waals surface area contributed by atoms with Crippen molar-refractivity contribution in [3.05, 3.63) is 51.5 Å². The molecule has 0 radical (unpaired) electrons. The molecule has 8 heteroatoms. The third kappa shape index (κ3) is 5.88. The quantitative estimate of drug-likeness (QED) is 0.406. The fourth-order valence-electron chi connectivity index (χ4n) is 2.56. The van der Waals surface area contributed by atoms with Gasteiger partial charge in [0.1, 0.15) is 11.5 Å². The monoisotopic (exact) mass is 446 g/mol. The number of ether oxygens (including phenoxy) is 1. The topological polar surface area (TPSA) is 65.0 Å². The molecule has 1 N–H and O–H groups in total. The Bertz CT molecular complexity index is 847. The van der Waals surface area contributed by atoms with Crippen LogP contribution in [0.25, 0.3) is 0 Å². The second-order valence-electron chi connectivity index (χ2n) is 6.48. The molecule has 0 amide bonds. The summed E-state index contributed by atoms with van der Waals surface area (Å²) in [5.74, 6) is 1.16. The number of benzene rings is 2. The Morgan fingerprint density at radius 3 is 2.25 bits per heavy atom. The van der Waals surface area contributed by atoms with E-state index in [1.807, 2.05) is 13.8 Å². The van der Waals surface area contributed by atoms with Gasteiger partial charge in [-0.3, -0.25) is 4.57 Å². The second-order valence-corrected chi connectivity index (χ2v) is 9.67. The van der Waals surface area contributed by atoms with Gasteiger partial charge in [-0.1, -0.05) is 44.0 Å². The molecule has 0 heterocycles. The number of aromatic hydroxyl groups is 1. The molecular weight excluding hydrogens is 422 g/mol. The first-order valence-electron chi connectivity index (χ1n) is 9.05. The Hall–Kier alpha value is -1.23. The van der Waals surface area contributed by atoms with Gasteiger partial charge in [0.05, 0.1) is 23.3 Å². The van der Waals surface area contributed by atoms with E-state index in [2.05, 4.69) is 0 Å². The lowest BCUT2D eigenvalue weighted by Crippen LogP contribution is -1.99. The third-order valence-electron chi connectivity index (χ3n) is 4.04. The van der Waals surface area contributed by atoms with E-state index in [0.717, 1.165) is 5.56 Å². The van der Waals surface area contributed by atoms with Crippen LogP contribution in [0.15, 0.2) is 30.3 Å². The Balaban J connectivity index is 2.20. The molecule has 0 aromatic heterocycles. The van der Waals surface area contributed by atoms with Crippen LogP contribution in [0.2, 0.25) is 10.0 Å². The first-order valence-corrected chi connectivity index (χ1v) is 11.5. The Kier molecular flexibility index (Phi) is 8.23. The van der Waals surface area contributed by atoms with E-state index >= 15 is 0 Å². The van der Waals surface area contributed by atoms with Crippen LogP contribution in [0, 0.1) is 0 Å². The van der Waals surface area contributed by atoms with Crippen molar-refractivity contribution >= 4 is 30.8 Å². The smallest absolute Gasteiger partial charge is 0.330 e. The van der Waals surface area contributed by atoms with Crippen LogP contribution in [0.4, 0.5) is 0 Å². The maximum Gasteiger partial charge on any atom is 0.330 e. The van der Waals surface area contributed by atoms with E-state index in [1.165, 1.54) is 0 Å². The van der Waals surface area contributed by atoms with Crippen LogP contribution in [0.3, 0.4) is 0 Å². The van der Waals surface area contributed by atoms with E-state index in [4.69, 9.17) is 37.0 Å². The summed E-state index contributed by atoms with van der Waals surface area (Å²) in [5.41, 5.74) is 1.42. The van der Waals surface area contributed by atoms with Crippen molar-refractivity contribution < 1.29 is 23.5 Å². The third-order valence-corrected chi connectivity index (χ3v) is 6.55. The molecule has 0 saturated heterocycles. The minimum absolute atomic E-state index is 0.0571. The van der Waals surface area contributed by atoms with Crippen molar-refractivity contribution in [3.8, 4) is 17.2 Å². The van der Waals surface area contributed by atoms with E-state index in [1.54, 1.807) is 44.2 Å². The minimum atomic E-state index is -3.12. The average molecular weight is 447 g/mol. The molecule has 1 unspecified atom stereocenters. The first kappa shape index (κ1) is 23.1. The van der Waals surface area contributed by atoms with Gasteiger partial charge in [-0.25, -0.2) is 0 Å². The maximum absolute atomic E-state index is 12.4. The molecule has 5 nitrogen and oxygen atoms in total. The van der Waals surface area contributed by atoms with Crippen molar-refractivity contribution in [3.63, 3.8) is 0 Å². The molecule has 2 rings (SSSR count). The number of rotatable bonds is 9. The Morgan fingerprint density at radius 1 is 1.07 bits per heavy atom. The van der Waals surface area contributed by atoms with Crippen LogP contribution in [-0.2, 0) is 20.2 Å². The molecule has 0 aliphatic heterocycles. The molecule has 0 bridgehead atoms. The molecule has 1 atom stereocenters. The predicted octanol–water partition coefficient (Wildman–Crippen LogP) is 7.38. The number of phenolic OH excluding ortho intramolecular Hbond substituents is 1. The lowest BCUT2D eigenvalue weighted by molar-refractivity contribution is 0.205.